The molecule has 0 amide bonds. The Labute approximate surface area is 135 Å². The lowest BCUT2D eigenvalue weighted by molar-refractivity contribution is -0.384. The van der Waals surface area contributed by atoms with Crippen molar-refractivity contribution < 1.29 is 14.5 Å². The lowest BCUT2D eigenvalue weighted by Gasteiger charge is -2.08. The maximum absolute atomic E-state index is 12.4. The fourth-order valence-electron chi connectivity index (χ4n) is 2.24. The molecule has 3 rings (SSSR count). The second-order valence-corrected chi connectivity index (χ2v) is 4.96. The first-order valence-corrected chi connectivity index (χ1v) is 6.90. The van der Waals surface area contributed by atoms with Crippen LogP contribution in [-0.2, 0) is 7.05 Å². The normalized spacial score (nSPS) is 10.5. The van der Waals surface area contributed by atoms with Gasteiger partial charge >= 0.3 is 5.97 Å². The summed E-state index contributed by atoms with van der Waals surface area (Å²) in [6.45, 7) is 0. The van der Waals surface area contributed by atoms with Crippen LogP contribution in [0.15, 0.2) is 53.3 Å². The van der Waals surface area contributed by atoms with Gasteiger partial charge in [-0.05, 0) is 18.2 Å². The molecule has 0 radical (unpaired) electrons. The van der Waals surface area contributed by atoms with E-state index in [4.69, 9.17) is 4.74 Å². The van der Waals surface area contributed by atoms with Gasteiger partial charge in [-0.15, -0.1) is 0 Å². The average molecular weight is 325 g/mol. The molecule has 0 spiro atoms. The third-order valence-corrected chi connectivity index (χ3v) is 3.41. The molecule has 0 saturated heterocycles. The number of nitrogens with zero attached hydrogens (tertiary/aromatic N) is 3. The van der Waals surface area contributed by atoms with Crippen molar-refractivity contribution in [2.24, 2.45) is 7.05 Å². The Bertz CT molecular complexity index is 1010. The van der Waals surface area contributed by atoms with Gasteiger partial charge in [0, 0.05) is 24.6 Å². The Balaban J connectivity index is 1.98. The molecule has 0 N–H and O–H groups in total. The molecular weight excluding hydrogens is 314 g/mol. The number of esters is 1. The van der Waals surface area contributed by atoms with Gasteiger partial charge in [-0.3, -0.25) is 14.9 Å². The van der Waals surface area contributed by atoms with Gasteiger partial charge in [0.05, 0.1) is 10.3 Å². The van der Waals surface area contributed by atoms with Crippen LogP contribution in [0.5, 0.6) is 5.75 Å². The predicted molar refractivity (Wildman–Crippen MR) is 85.0 cm³/mol. The summed E-state index contributed by atoms with van der Waals surface area (Å²) in [4.78, 5) is 34.5. The number of carbonyl (C=O) groups is 1. The van der Waals surface area contributed by atoms with Gasteiger partial charge in [0.15, 0.2) is 5.69 Å². The van der Waals surface area contributed by atoms with Crippen LogP contribution in [0.25, 0.3) is 10.8 Å². The van der Waals surface area contributed by atoms with Crippen LogP contribution in [-0.4, -0.2) is 20.7 Å². The zero-order chi connectivity index (χ0) is 17.3. The molecule has 8 heteroatoms. The largest absolute Gasteiger partial charge is 0.422 e. The number of carbonyl (C=O) groups excluding carboxylic acids is 1. The maximum Gasteiger partial charge on any atom is 0.364 e. The van der Waals surface area contributed by atoms with Gasteiger partial charge in [0.25, 0.3) is 11.2 Å². The number of rotatable bonds is 3. The number of aryl methyl sites for hydroxylation is 1. The number of fused-ring (bicyclic) bond motifs is 1. The van der Waals surface area contributed by atoms with E-state index in [-0.39, 0.29) is 22.7 Å². The Morgan fingerprint density at radius 1 is 1.12 bits per heavy atom. The minimum absolute atomic E-state index is 0.00828. The summed E-state index contributed by atoms with van der Waals surface area (Å²) in [5.41, 5.74) is -0.441. The van der Waals surface area contributed by atoms with Crippen molar-refractivity contribution in [3.63, 3.8) is 0 Å². The van der Waals surface area contributed by atoms with Gasteiger partial charge in [-0.1, -0.05) is 18.2 Å². The van der Waals surface area contributed by atoms with Crippen LogP contribution in [0.2, 0.25) is 0 Å². The Morgan fingerprint density at radius 3 is 2.38 bits per heavy atom. The van der Waals surface area contributed by atoms with Gasteiger partial charge in [-0.25, -0.2) is 9.48 Å². The minimum Gasteiger partial charge on any atom is -0.422 e. The number of ether oxygens (including phenoxy) is 1. The molecule has 1 heterocycles. The third-order valence-electron chi connectivity index (χ3n) is 3.41. The minimum atomic E-state index is -0.754. The number of hydrogen-bond donors (Lipinski definition) is 0. The SMILES string of the molecule is Cn1nc(C(=O)Oc2ccc([N+](=O)[O-])cc2)c2ccccc2c1=O. The zero-order valence-corrected chi connectivity index (χ0v) is 12.5. The molecule has 1 aromatic heterocycles. The highest BCUT2D eigenvalue weighted by Gasteiger charge is 2.18. The monoisotopic (exact) mass is 325 g/mol. The first kappa shape index (κ1) is 15.3. The predicted octanol–water partition coefficient (Wildman–Crippen LogP) is 2.06. The molecule has 3 aromatic rings. The Morgan fingerprint density at radius 2 is 1.75 bits per heavy atom. The van der Waals surface area contributed by atoms with E-state index < -0.39 is 10.9 Å². The van der Waals surface area contributed by atoms with Crippen molar-refractivity contribution in [1.29, 1.82) is 0 Å². The summed E-state index contributed by atoms with van der Waals surface area (Å²) in [7, 11) is 1.44. The highest BCUT2D eigenvalue weighted by atomic mass is 16.6. The summed E-state index contributed by atoms with van der Waals surface area (Å²) < 4.78 is 6.26. The molecule has 8 nitrogen and oxygen atoms in total. The second-order valence-electron chi connectivity index (χ2n) is 4.96. The fraction of sp³-hybridized carbons (Fsp3) is 0.0625. The number of benzene rings is 2. The molecule has 120 valence electrons. The summed E-state index contributed by atoms with van der Waals surface area (Å²) in [5.74, 6) is -0.610. The van der Waals surface area contributed by atoms with E-state index in [9.17, 15) is 19.7 Å². The van der Waals surface area contributed by atoms with Gasteiger partial charge in [-0.2, -0.15) is 5.10 Å². The average Bonchev–Trinajstić information content (AvgIpc) is 2.58. The van der Waals surface area contributed by atoms with E-state index in [2.05, 4.69) is 5.10 Å². The van der Waals surface area contributed by atoms with Crippen molar-refractivity contribution in [2.75, 3.05) is 0 Å². The number of nitro benzene ring substituents is 1. The zero-order valence-electron chi connectivity index (χ0n) is 12.5. The van der Waals surface area contributed by atoms with Crippen molar-refractivity contribution in [1.82, 2.24) is 9.78 Å². The Kier molecular flexibility index (Phi) is 3.78. The molecule has 2 aromatic carbocycles. The molecule has 0 bridgehead atoms. The molecule has 24 heavy (non-hydrogen) atoms. The fourth-order valence-corrected chi connectivity index (χ4v) is 2.24. The number of aromatic nitrogens is 2. The van der Waals surface area contributed by atoms with Crippen LogP contribution in [0, 0.1) is 10.1 Å². The van der Waals surface area contributed by atoms with E-state index in [1.54, 1.807) is 24.3 Å². The first-order valence-electron chi connectivity index (χ1n) is 6.90. The quantitative estimate of drug-likeness (QED) is 0.316. The molecule has 0 aliphatic carbocycles. The summed E-state index contributed by atoms with van der Waals surface area (Å²) in [6, 6.07) is 11.7. The summed E-state index contributed by atoms with van der Waals surface area (Å²) in [6.07, 6.45) is 0. The van der Waals surface area contributed by atoms with Crippen molar-refractivity contribution >= 4 is 22.4 Å². The molecule has 0 unspecified atom stereocenters. The molecule has 0 saturated carbocycles. The highest BCUT2D eigenvalue weighted by molar-refractivity contribution is 6.02. The number of hydrogen-bond acceptors (Lipinski definition) is 6. The molecular formula is C16H11N3O5. The highest BCUT2D eigenvalue weighted by Crippen LogP contribution is 2.20. The van der Waals surface area contributed by atoms with Crippen molar-refractivity contribution in [3.05, 3.63) is 74.7 Å². The standard InChI is InChI=1S/C16H11N3O5/c1-18-15(20)13-5-3-2-4-12(13)14(17-18)16(21)24-11-8-6-10(7-9-11)19(22)23/h2-9H,1H3. The second kappa shape index (κ2) is 5.92. The van der Waals surface area contributed by atoms with Gasteiger partial charge in [0.1, 0.15) is 5.75 Å². The van der Waals surface area contributed by atoms with Crippen LogP contribution in [0.1, 0.15) is 10.5 Å². The van der Waals surface area contributed by atoms with Crippen LogP contribution in [0.4, 0.5) is 5.69 Å². The lowest BCUT2D eigenvalue weighted by atomic mass is 10.1. The lowest BCUT2D eigenvalue weighted by Crippen LogP contribution is -2.24. The summed E-state index contributed by atoms with van der Waals surface area (Å²) in [5, 5.41) is 15.3. The van der Waals surface area contributed by atoms with E-state index in [0.717, 1.165) is 4.68 Å². The maximum atomic E-state index is 12.4. The number of nitro groups is 1. The van der Waals surface area contributed by atoms with Crippen LogP contribution < -0.4 is 10.3 Å². The van der Waals surface area contributed by atoms with Gasteiger partial charge < -0.3 is 4.74 Å². The number of non-ortho nitro benzene ring substituents is 1. The molecule has 0 aliphatic heterocycles. The summed E-state index contributed by atoms with van der Waals surface area (Å²) >= 11 is 0. The topological polar surface area (TPSA) is 104 Å². The molecule has 0 atom stereocenters. The smallest absolute Gasteiger partial charge is 0.364 e. The molecule has 0 aliphatic rings. The van der Waals surface area contributed by atoms with E-state index in [1.165, 1.54) is 31.3 Å². The van der Waals surface area contributed by atoms with E-state index in [0.29, 0.717) is 10.8 Å². The van der Waals surface area contributed by atoms with Crippen LogP contribution >= 0.6 is 0 Å². The van der Waals surface area contributed by atoms with Crippen molar-refractivity contribution in [3.8, 4) is 5.75 Å². The Hall–Kier alpha value is -3.55. The van der Waals surface area contributed by atoms with Gasteiger partial charge in [0.2, 0.25) is 0 Å². The van der Waals surface area contributed by atoms with E-state index >= 15 is 0 Å². The van der Waals surface area contributed by atoms with Crippen LogP contribution in [0.3, 0.4) is 0 Å². The molecule has 0 fully saturated rings. The van der Waals surface area contributed by atoms with Crippen molar-refractivity contribution in [2.45, 2.75) is 0 Å². The first-order chi connectivity index (χ1) is 11.5. The third kappa shape index (κ3) is 2.72. The van der Waals surface area contributed by atoms with E-state index in [1.807, 2.05) is 0 Å².